The van der Waals surface area contributed by atoms with Crippen LogP contribution in [0, 0.1) is 6.92 Å². The lowest BCUT2D eigenvalue weighted by atomic mass is 9.76. The summed E-state index contributed by atoms with van der Waals surface area (Å²) < 4.78 is 6.47. The monoisotopic (exact) mass is 371 g/mol. The molecular formula is C15H10BrN5O2. The summed E-state index contributed by atoms with van der Waals surface area (Å²) in [6.45, 7) is 1.88. The van der Waals surface area contributed by atoms with Gasteiger partial charge in [-0.2, -0.15) is 10.1 Å². The Balaban J connectivity index is 1.99. The Morgan fingerprint density at radius 3 is 3.04 bits per heavy atom. The van der Waals surface area contributed by atoms with Crippen LogP contribution in [0.25, 0.3) is 11.3 Å². The number of rotatable bonds is 0. The van der Waals surface area contributed by atoms with Crippen molar-refractivity contribution < 1.29 is 9.21 Å². The zero-order valence-corrected chi connectivity index (χ0v) is 13.5. The highest BCUT2D eigenvalue weighted by Gasteiger charge is 2.60. The summed E-state index contributed by atoms with van der Waals surface area (Å²) in [5.41, 5.74) is 8.41. The van der Waals surface area contributed by atoms with E-state index in [0.717, 1.165) is 26.9 Å². The molecule has 2 aliphatic rings. The molecule has 3 aromatic rings. The van der Waals surface area contributed by atoms with Crippen LogP contribution >= 0.6 is 15.9 Å². The number of nitrogens with two attached hydrogens (primary N) is 1. The van der Waals surface area contributed by atoms with Gasteiger partial charge in [-0.25, -0.2) is 0 Å². The van der Waals surface area contributed by atoms with Gasteiger partial charge in [0, 0.05) is 21.3 Å². The van der Waals surface area contributed by atoms with Gasteiger partial charge in [-0.1, -0.05) is 15.9 Å². The van der Waals surface area contributed by atoms with Crippen LogP contribution in [0.2, 0.25) is 0 Å². The zero-order chi connectivity index (χ0) is 15.9. The normalized spacial score (nSPS) is 20.5. The summed E-state index contributed by atoms with van der Waals surface area (Å²) in [5.74, 6) is 0.861. The van der Waals surface area contributed by atoms with Crippen molar-refractivity contribution in [3.63, 3.8) is 0 Å². The number of aromatic amines is 1. The molecule has 1 aliphatic carbocycles. The fraction of sp³-hybridized carbons (Fsp3) is 0.133. The second-order valence-corrected chi connectivity index (χ2v) is 6.61. The van der Waals surface area contributed by atoms with Crippen LogP contribution < -0.4 is 11.1 Å². The summed E-state index contributed by atoms with van der Waals surface area (Å²) in [5, 5.41) is 9.95. The predicted octanol–water partition coefficient (Wildman–Crippen LogP) is 2.32. The third-order valence-electron chi connectivity index (χ3n) is 4.52. The Hall–Kier alpha value is -2.61. The smallest absolute Gasteiger partial charge is 0.292 e. The summed E-state index contributed by atoms with van der Waals surface area (Å²) in [4.78, 5) is 17.3. The molecule has 1 aromatic carbocycles. The van der Waals surface area contributed by atoms with Crippen molar-refractivity contribution in [2.45, 2.75) is 12.3 Å². The first kappa shape index (κ1) is 12.9. The third-order valence-corrected chi connectivity index (χ3v) is 5.02. The number of aryl methyl sites for hydroxylation is 1. The molecule has 5 rings (SSSR count). The molecule has 7 nitrogen and oxygen atoms in total. The number of aromatic nitrogens is 3. The van der Waals surface area contributed by atoms with E-state index in [-0.39, 0.29) is 11.9 Å². The number of nitrogen functional groups attached to an aromatic ring is 1. The van der Waals surface area contributed by atoms with Crippen molar-refractivity contribution in [1.29, 1.82) is 0 Å². The quantitative estimate of drug-likeness (QED) is 0.561. The minimum absolute atomic E-state index is 0.0466. The third kappa shape index (κ3) is 1.29. The molecule has 0 fully saturated rings. The number of anilines is 2. The highest BCUT2D eigenvalue weighted by molar-refractivity contribution is 9.10. The van der Waals surface area contributed by atoms with E-state index < -0.39 is 5.41 Å². The van der Waals surface area contributed by atoms with Crippen LogP contribution in [0.1, 0.15) is 22.5 Å². The lowest BCUT2D eigenvalue weighted by molar-refractivity contribution is -0.118. The molecular weight excluding hydrogens is 362 g/mol. The van der Waals surface area contributed by atoms with Gasteiger partial charge in [-0.15, -0.1) is 0 Å². The second kappa shape index (κ2) is 3.83. The lowest BCUT2D eigenvalue weighted by Gasteiger charge is -2.22. The molecule has 23 heavy (non-hydrogen) atoms. The number of carbonyl (C=O) groups is 1. The Morgan fingerprint density at radius 2 is 2.22 bits per heavy atom. The second-order valence-electron chi connectivity index (χ2n) is 5.70. The summed E-state index contributed by atoms with van der Waals surface area (Å²) in [7, 11) is 0. The molecule has 1 spiro atoms. The number of benzene rings is 1. The zero-order valence-electron chi connectivity index (χ0n) is 11.9. The van der Waals surface area contributed by atoms with Gasteiger partial charge < -0.3 is 15.5 Å². The highest BCUT2D eigenvalue weighted by atomic mass is 79.9. The average molecular weight is 372 g/mol. The predicted molar refractivity (Wildman–Crippen MR) is 85.9 cm³/mol. The number of oxazole rings is 1. The molecule has 0 saturated heterocycles. The van der Waals surface area contributed by atoms with Gasteiger partial charge in [0.1, 0.15) is 5.69 Å². The Kier molecular flexibility index (Phi) is 2.14. The number of amides is 1. The van der Waals surface area contributed by atoms with E-state index in [9.17, 15) is 4.79 Å². The molecule has 0 saturated carbocycles. The Morgan fingerprint density at radius 1 is 1.39 bits per heavy atom. The fourth-order valence-corrected chi connectivity index (χ4v) is 4.06. The van der Waals surface area contributed by atoms with E-state index in [1.807, 2.05) is 25.1 Å². The summed E-state index contributed by atoms with van der Waals surface area (Å²) >= 11 is 3.48. The molecule has 1 aliphatic heterocycles. The maximum atomic E-state index is 13.0. The van der Waals surface area contributed by atoms with E-state index in [2.05, 4.69) is 36.4 Å². The number of halogens is 1. The number of carbonyl (C=O) groups excluding carboxylic acids is 1. The first-order valence-electron chi connectivity index (χ1n) is 6.97. The molecule has 1 unspecified atom stereocenters. The standard InChI is InChI=1S/C15H10BrN5O2/c1-5-9-12(21-20-5)19-13(22)15(9)8-4-6(16)2-3-7(8)10-11(15)18-14(17)23-10/h2-4H,1H3,(H2,17,18)(H2,19,20,21,22). The van der Waals surface area contributed by atoms with Crippen molar-refractivity contribution >= 4 is 33.7 Å². The average Bonchev–Trinajstić information content (AvgIpc) is 3.18. The number of hydrogen-bond donors (Lipinski definition) is 3. The maximum Gasteiger partial charge on any atom is 0.292 e. The maximum absolute atomic E-state index is 13.0. The van der Waals surface area contributed by atoms with Crippen molar-refractivity contribution in [2.75, 3.05) is 11.1 Å². The minimum Gasteiger partial charge on any atom is -0.423 e. The molecule has 1 amide bonds. The molecule has 114 valence electrons. The van der Waals surface area contributed by atoms with Crippen LogP contribution in [-0.4, -0.2) is 21.1 Å². The van der Waals surface area contributed by atoms with E-state index in [0.29, 0.717) is 17.3 Å². The lowest BCUT2D eigenvalue weighted by Crippen LogP contribution is -2.36. The number of nitrogens with one attached hydrogen (secondary N) is 2. The van der Waals surface area contributed by atoms with E-state index in [1.165, 1.54) is 0 Å². The first-order chi connectivity index (χ1) is 11.0. The van der Waals surface area contributed by atoms with Gasteiger partial charge >= 0.3 is 0 Å². The number of hydrogen-bond acceptors (Lipinski definition) is 5. The largest absolute Gasteiger partial charge is 0.423 e. The first-order valence-corrected chi connectivity index (χ1v) is 7.77. The topological polar surface area (TPSA) is 110 Å². The van der Waals surface area contributed by atoms with Crippen LogP contribution in [0.15, 0.2) is 27.1 Å². The molecule has 1 atom stereocenters. The van der Waals surface area contributed by atoms with Crippen LogP contribution in [0.5, 0.6) is 0 Å². The molecule has 0 bridgehead atoms. The Bertz CT molecular complexity index is 1020. The van der Waals surface area contributed by atoms with Gasteiger partial charge in [-0.3, -0.25) is 9.89 Å². The van der Waals surface area contributed by atoms with Crippen LogP contribution in [0.3, 0.4) is 0 Å². The van der Waals surface area contributed by atoms with E-state index in [1.54, 1.807) is 0 Å². The summed E-state index contributed by atoms with van der Waals surface area (Å²) in [6, 6.07) is 5.77. The van der Waals surface area contributed by atoms with Gasteiger partial charge in [0.25, 0.3) is 6.01 Å². The fourth-order valence-electron chi connectivity index (χ4n) is 3.70. The van der Waals surface area contributed by atoms with Gasteiger partial charge in [0.2, 0.25) is 5.91 Å². The molecule has 4 N–H and O–H groups in total. The SMILES string of the molecule is Cc1[nH]nc2c1C1(C(=O)N2)c2cc(Br)ccc2-c2oc(N)nc21. The number of H-pyrrole nitrogens is 1. The highest BCUT2D eigenvalue weighted by Crippen LogP contribution is 2.57. The van der Waals surface area contributed by atoms with E-state index in [4.69, 9.17) is 10.2 Å². The van der Waals surface area contributed by atoms with Crippen molar-refractivity contribution in [2.24, 2.45) is 0 Å². The molecule has 3 heterocycles. The van der Waals surface area contributed by atoms with Gasteiger partial charge in [0.15, 0.2) is 17.0 Å². The van der Waals surface area contributed by atoms with Crippen molar-refractivity contribution in [3.8, 4) is 11.3 Å². The molecule has 0 radical (unpaired) electrons. The number of fused-ring (bicyclic) bond motifs is 7. The van der Waals surface area contributed by atoms with Crippen LogP contribution in [0.4, 0.5) is 11.8 Å². The van der Waals surface area contributed by atoms with Gasteiger partial charge in [-0.05, 0) is 30.7 Å². The molecule has 2 aromatic heterocycles. The van der Waals surface area contributed by atoms with Gasteiger partial charge in [0.05, 0.1) is 0 Å². The summed E-state index contributed by atoms with van der Waals surface area (Å²) in [6.07, 6.45) is 0. The van der Waals surface area contributed by atoms with Crippen molar-refractivity contribution in [1.82, 2.24) is 15.2 Å². The van der Waals surface area contributed by atoms with E-state index >= 15 is 0 Å². The molecule has 8 heteroatoms. The van der Waals surface area contributed by atoms with Crippen LogP contribution in [-0.2, 0) is 10.2 Å². The van der Waals surface area contributed by atoms with Crippen molar-refractivity contribution in [3.05, 3.63) is 45.2 Å². The number of nitrogens with zero attached hydrogens (tertiary/aromatic N) is 2. The minimum atomic E-state index is -1.08. The Labute approximate surface area is 138 Å².